The Bertz CT molecular complexity index is 1130. The van der Waals surface area contributed by atoms with Crippen molar-refractivity contribution in [2.45, 2.75) is 19.1 Å². The predicted octanol–water partition coefficient (Wildman–Crippen LogP) is 4.11. The monoisotopic (exact) mass is 484 g/mol. The Morgan fingerprint density at radius 3 is 2.82 bits per heavy atom. The number of fused-ring (bicyclic) bond motifs is 1. The van der Waals surface area contributed by atoms with E-state index in [4.69, 9.17) is 9.47 Å². The highest BCUT2D eigenvalue weighted by atomic mass is 32.1. The second-order valence-corrected chi connectivity index (χ2v) is 9.15. The molecule has 0 bridgehead atoms. The van der Waals surface area contributed by atoms with Crippen molar-refractivity contribution < 1.29 is 18.7 Å². The average molecular weight is 485 g/mol. The van der Waals surface area contributed by atoms with Gasteiger partial charge >= 0.3 is 0 Å². The van der Waals surface area contributed by atoms with Crippen LogP contribution in [0.5, 0.6) is 11.6 Å². The third kappa shape index (κ3) is 5.31. The van der Waals surface area contributed by atoms with Gasteiger partial charge in [-0.05, 0) is 42.7 Å². The van der Waals surface area contributed by atoms with Crippen LogP contribution in [-0.4, -0.2) is 56.6 Å². The van der Waals surface area contributed by atoms with Gasteiger partial charge in [0, 0.05) is 50.2 Å². The van der Waals surface area contributed by atoms with Crippen LogP contribution in [0.2, 0.25) is 0 Å². The zero-order valence-electron chi connectivity index (χ0n) is 19.6. The molecule has 2 aromatic heterocycles. The van der Waals surface area contributed by atoms with E-state index in [0.29, 0.717) is 36.6 Å². The first kappa shape index (κ1) is 24.0. The van der Waals surface area contributed by atoms with Crippen LogP contribution in [0.25, 0.3) is 0 Å². The molecule has 1 unspecified atom stereocenters. The molecule has 1 aromatic carbocycles. The standard InChI is InChI=1S/C25H29FN4O3S/c1-27-9-8-22(23-5-4-12-34-23)33-21-7-6-17(13-19(21)26)16-30-11-10-29(2)20-14-24(32-3)28-15-18(20)25(30)31/h4-7,12-15,22,27H,8-11,16H2,1-3H3. The lowest BCUT2D eigenvalue weighted by atomic mass is 10.1. The maximum atomic E-state index is 15.0. The minimum Gasteiger partial charge on any atom is -0.482 e. The van der Waals surface area contributed by atoms with Crippen LogP contribution in [-0.2, 0) is 6.54 Å². The maximum absolute atomic E-state index is 15.0. The molecule has 1 atom stereocenters. The molecule has 1 aliphatic rings. The van der Waals surface area contributed by atoms with E-state index in [0.717, 1.165) is 23.5 Å². The first-order valence-corrected chi connectivity index (χ1v) is 12.1. The zero-order valence-corrected chi connectivity index (χ0v) is 20.4. The molecule has 7 nitrogen and oxygen atoms in total. The first-order valence-electron chi connectivity index (χ1n) is 11.2. The summed E-state index contributed by atoms with van der Waals surface area (Å²) in [6.45, 7) is 2.21. The third-order valence-electron chi connectivity index (χ3n) is 5.86. The van der Waals surface area contributed by atoms with Crippen LogP contribution in [0.4, 0.5) is 10.1 Å². The van der Waals surface area contributed by atoms with Crippen molar-refractivity contribution in [3.63, 3.8) is 0 Å². The van der Waals surface area contributed by atoms with Crippen molar-refractivity contribution in [3.05, 3.63) is 69.8 Å². The number of rotatable bonds is 9. The van der Waals surface area contributed by atoms with Gasteiger partial charge in [-0.25, -0.2) is 9.37 Å². The number of aromatic nitrogens is 1. The molecule has 1 aliphatic heterocycles. The van der Waals surface area contributed by atoms with Crippen LogP contribution >= 0.6 is 11.3 Å². The number of carbonyl (C=O) groups excluding carboxylic acids is 1. The summed E-state index contributed by atoms with van der Waals surface area (Å²) in [6, 6.07) is 10.7. The second kappa shape index (κ2) is 10.8. The Morgan fingerprint density at radius 1 is 1.26 bits per heavy atom. The lowest BCUT2D eigenvalue weighted by molar-refractivity contribution is 0.0754. The number of amides is 1. The molecule has 1 N–H and O–H groups in total. The molecule has 3 aromatic rings. The lowest BCUT2D eigenvalue weighted by Crippen LogP contribution is -2.33. The zero-order chi connectivity index (χ0) is 24.1. The Labute approximate surface area is 203 Å². The molecular weight excluding hydrogens is 455 g/mol. The molecule has 0 saturated carbocycles. The number of hydrogen-bond acceptors (Lipinski definition) is 7. The van der Waals surface area contributed by atoms with Crippen molar-refractivity contribution in [3.8, 4) is 11.6 Å². The van der Waals surface area contributed by atoms with Gasteiger partial charge in [-0.3, -0.25) is 4.79 Å². The van der Waals surface area contributed by atoms with Crippen LogP contribution in [0.1, 0.15) is 33.3 Å². The summed E-state index contributed by atoms with van der Waals surface area (Å²) in [5.74, 6) is 0.0941. The fourth-order valence-electron chi connectivity index (χ4n) is 3.95. The van der Waals surface area contributed by atoms with E-state index in [1.807, 2.05) is 42.6 Å². The number of pyridine rings is 1. The van der Waals surface area contributed by atoms with Crippen LogP contribution in [0.15, 0.2) is 48.0 Å². The minimum absolute atomic E-state index is 0.139. The fraction of sp³-hybridized carbons (Fsp3) is 0.360. The lowest BCUT2D eigenvalue weighted by Gasteiger charge is -2.22. The van der Waals surface area contributed by atoms with Crippen molar-refractivity contribution in [2.75, 3.05) is 45.7 Å². The summed E-state index contributed by atoms with van der Waals surface area (Å²) in [5.41, 5.74) is 1.98. The van der Waals surface area contributed by atoms with Crippen molar-refractivity contribution in [2.24, 2.45) is 0 Å². The second-order valence-electron chi connectivity index (χ2n) is 8.17. The average Bonchev–Trinajstić information content (AvgIpc) is 3.36. The molecule has 0 aliphatic carbocycles. The number of thiophene rings is 1. The maximum Gasteiger partial charge on any atom is 0.257 e. The topological polar surface area (TPSA) is 66.9 Å². The molecule has 0 fully saturated rings. The number of benzene rings is 1. The molecule has 3 heterocycles. The molecule has 0 saturated heterocycles. The molecule has 1 amide bonds. The number of anilines is 1. The van der Waals surface area contributed by atoms with Gasteiger partial charge in [0.2, 0.25) is 5.88 Å². The third-order valence-corrected chi connectivity index (χ3v) is 6.82. The van der Waals surface area contributed by atoms with Gasteiger partial charge in [-0.2, -0.15) is 0 Å². The van der Waals surface area contributed by atoms with Crippen molar-refractivity contribution in [1.29, 1.82) is 0 Å². The van der Waals surface area contributed by atoms with Gasteiger partial charge in [-0.1, -0.05) is 12.1 Å². The smallest absolute Gasteiger partial charge is 0.257 e. The number of halogens is 1. The minimum atomic E-state index is -0.435. The molecule has 9 heteroatoms. The van der Waals surface area contributed by atoms with Gasteiger partial charge in [0.25, 0.3) is 5.91 Å². The van der Waals surface area contributed by atoms with E-state index in [2.05, 4.69) is 10.3 Å². The summed E-state index contributed by atoms with van der Waals surface area (Å²) >= 11 is 1.60. The van der Waals surface area contributed by atoms with E-state index < -0.39 is 5.82 Å². The SMILES string of the molecule is CNCCC(Oc1ccc(CN2CCN(C)c3cc(OC)ncc3C2=O)cc1F)c1cccs1. The Hall–Kier alpha value is -3.17. The van der Waals surface area contributed by atoms with Crippen LogP contribution in [0.3, 0.4) is 0 Å². The Kier molecular flexibility index (Phi) is 7.64. The van der Waals surface area contributed by atoms with Gasteiger partial charge < -0.3 is 24.6 Å². The molecule has 180 valence electrons. The summed E-state index contributed by atoms with van der Waals surface area (Å²) in [4.78, 5) is 22.2. The number of ether oxygens (including phenoxy) is 2. The number of hydrogen-bond donors (Lipinski definition) is 1. The summed E-state index contributed by atoms with van der Waals surface area (Å²) in [7, 11) is 5.36. The first-order chi connectivity index (χ1) is 16.5. The quantitative estimate of drug-likeness (QED) is 0.493. The highest BCUT2D eigenvalue weighted by Gasteiger charge is 2.26. The van der Waals surface area contributed by atoms with Crippen LogP contribution < -0.4 is 19.7 Å². The number of likely N-dealkylation sites (N-methyl/N-ethyl adjacent to an activating group) is 1. The van der Waals surface area contributed by atoms with E-state index >= 15 is 4.39 Å². The molecule has 4 rings (SSSR count). The highest BCUT2D eigenvalue weighted by molar-refractivity contribution is 7.10. The van der Waals surface area contributed by atoms with Crippen molar-refractivity contribution >= 4 is 22.9 Å². The normalized spacial score (nSPS) is 14.5. The van der Waals surface area contributed by atoms with E-state index in [9.17, 15) is 4.79 Å². The van der Waals surface area contributed by atoms with Gasteiger partial charge in [0.15, 0.2) is 11.6 Å². The van der Waals surface area contributed by atoms with E-state index in [1.165, 1.54) is 6.07 Å². The number of nitrogens with zero attached hydrogens (tertiary/aromatic N) is 3. The number of nitrogens with one attached hydrogen (secondary N) is 1. The number of carbonyl (C=O) groups is 1. The summed E-state index contributed by atoms with van der Waals surface area (Å²) in [5, 5.41) is 5.11. The Balaban J connectivity index is 1.50. The van der Waals surface area contributed by atoms with Gasteiger partial charge in [0.1, 0.15) is 6.10 Å². The molecule has 0 radical (unpaired) electrons. The van der Waals surface area contributed by atoms with Gasteiger partial charge in [-0.15, -0.1) is 11.3 Å². The molecule has 0 spiro atoms. The summed E-state index contributed by atoms with van der Waals surface area (Å²) in [6.07, 6.45) is 2.04. The summed E-state index contributed by atoms with van der Waals surface area (Å²) < 4.78 is 26.3. The van der Waals surface area contributed by atoms with E-state index in [1.54, 1.807) is 41.7 Å². The van der Waals surface area contributed by atoms with Gasteiger partial charge in [0.05, 0.1) is 18.4 Å². The predicted molar refractivity (Wildman–Crippen MR) is 131 cm³/mol. The van der Waals surface area contributed by atoms with Crippen molar-refractivity contribution in [1.82, 2.24) is 15.2 Å². The van der Waals surface area contributed by atoms with E-state index in [-0.39, 0.29) is 17.8 Å². The Morgan fingerprint density at radius 2 is 2.12 bits per heavy atom. The van der Waals surface area contributed by atoms with Crippen LogP contribution in [0, 0.1) is 5.82 Å². The molecule has 34 heavy (non-hydrogen) atoms. The largest absolute Gasteiger partial charge is 0.482 e. The number of methoxy groups -OCH3 is 1. The molecular formula is C25H29FN4O3S. The fourth-order valence-corrected chi connectivity index (χ4v) is 4.74. The highest BCUT2D eigenvalue weighted by Crippen LogP contribution is 2.31.